The van der Waals surface area contributed by atoms with Gasteiger partial charge in [-0.1, -0.05) is 36.4 Å². The van der Waals surface area contributed by atoms with Gasteiger partial charge in [-0.25, -0.2) is 4.79 Å². The molecule has 0 saturated carbocycles. The second-order valence-electron chi connectivity index (χ2n) is 6.15. The molecule has 1 aromatic heterocycles. The van der Waals surface area contributed by atoms with Crippen molar-refractivity contribution in [1.29, 1.82) is 0 Å². The Kier molecular flexibility index (Phi) is 4.09. The molecular formula is C22H18O4. The van der Waals surface area contributed by atoms with Crippen LogP contribution in [0.5, 0.6) is 11.5 Å². The fraction of sp³-hybridized carbons (Fsp3) is 0.136. The minimum atomic E-state index is -0.339. The van der Waals surface area contributed by atoms with Crippen molar-refractivity contribution in [2.75, 3.05) is 7.11 Å². The lowest BCUT2D eigenvalue weighted by molar-refractivity contribution is 0.296. The number of methoxy groups -OCH3 is 1. The molecule has 4 aromatic rings. The number of fused-ring (bicyclic) bond motifs is 3. The van der Waals surface area contributed by atoms with Crippen LogP contribution in [0.15, 0.2) is 69.9 Å². The van der Waals surface area contributed by atoms with Gasteiger partial charge in [-0.2, -0.15) is 0 Å². The van der Waals surface area contributed by atoms with Gasteiger partial charge in [-0.3, -0.25) is 0 Å². The molecule has 3 aromatic carbocycles. The summed E-state index contributed by atoms with van der Waals surface area (Å²) in [5.74, 6) is 1.43. The van der Waals surface area contributed by atoms with Gasteiger partial charge in [0, 0.05) is 22.4 Å². The van der Waals surface area contributed by atoms with Gasteiger partial charge in [-0.15, -0.1) is 0 Å². The summed E-state index contributed by atoms with van der Waals surface area (Å²) in [5.41, 5.74) is 2.14. The summed E-state index contributed by atoms with van der Waals surface area (Å²) in [6, 6.07) is 18.9. The zero-order valence-corrected chi connectivity index (χ0v) is 14.6. The normalized spacial score (nSPS) is 11.0. The van der Waals surface area contributed by atoms with Crippen LogP contribution in [0.4, 0.5) is 0 Å². The Morgan fingerprint density at radius 2 is 1.69 bits per heavy atom. The standard InChI is InChI=1S/C22H18O4/c1-14-11-16(25-13-15-7-3-6-10-19(15)24-2)12-20-21(14)17-8-4-5-9-18(17)22(23)26-20/h3-12H,13H2,1-2H3. The van der Waals surface area contributed by atoms with Crippen LogP contribution >= 0.6 is 0 Å². The Balaban J connectivity index is 1.76. The third kappa shape index (κ3) is 2.80. The zero-order valence-electron chi connectivity index (χ0n) is 14.6. The Bertz CT molecular complexity index is 1160. The maximum atomic E-state index is 12.3. The maximum absolute atomic E-state index is 12.3. The largest absolute Gasteiger partial charge is 0.496 e. The molecule has 0 aliphatic heterocycles. The first-order valence-electron chi connectivity index (χ1n) is 8.38. The fourth-order valence-corrected chi connectivity index (χ4v) is 3.25. The molecule has 0 saturated heterocycles. The molecule has 0 fully saturated rings. The second-order valence-corrected chi connectivity index (χ2v) is 6.15. The van der Waals surface area contributed by atoms with Crippen molar-refractivity contribution in [2.24, 2.45) is 0 Å². The average Bonchev–Trinajstić information content (AvgIpc) is 2.66. The molecule has 4 rings (SSSR count). The van der Waals surface area contributed by atoms with Crippen molar-refractivity contribution in [3.8, 4) is 11.5 Å². The molecule has 0 radical (unpaired) electrons. The SMILES string of the molecule is COc1ccccc1COc1cc(C)c2c(c1)oc(=O)c1ccccc12. The first-order valence-corrected chi connectivity index (χ1v) is 8.38. The van der Waals surface area contributed by atoms with E-state index in [1.165, 1.54) is 0 Å². The van der Waals surface area contributed by atoms with E-state index in [2.05, 4.69) is 0 Å². The van der Waals surface area contributed by atoms with Crippen LogP contribution in [0.2, 0.25) is 0 Å². The highest BCUT2D eigenvalue weighted by Gasteiger charge is 2.11. The lowest BCUT2D eigenvalue weighted by Crippen LogP contribution is -2.02. The van der Waals surface area contributed by atoms with E-state index in [0.717, 1.165) is 27.6 Å². The van der Waals surface area contributed by atoms with Crippen LogP contribution in [0.3, 0.4) is 0 Å². The van der Waals surface area contributed by atoms with E-state index in [1.807, 2.05) is 55.5 Å². The van der Waals surface area contributed by atoms with Gasteiger partial charge in [0.1, 0.15) is 23.7 Å². The number of hydrogen-bond acceptors (Lipinski definition) is 4. The van der Waals surface area contributed by atoms with Crippen molar-refractivity contribution < 1.29 is 13.9 Å². The number of para-hydroxylation sites is 1. The summed E-state index contributed by atoms with van der Waals surface area (Å²) in [7, 11) is 1.64. The quantitative estimate of drug-likeness (QED) is 0.392. The van der Waals surface area contributed by atoms with Gasteiger partial charge in [0.15, 0.2) is 0 Å². The van der Waals surface area contributed by atoms with Gasteiger partial charge in [0.2, 0.25) is 0 Å². The van der Waals surface area contributed by atoms with Crippen molar-refractivity contribution in [1.82, 2.24) is 0 Å². The van der Waals surface area contributed by atoms with Gasteiger partial charge in [0.25, 0.3) is 0 Å². The summed E-state index contributed by atoms with van der Waals surface area (Å²) in [5, 5.41) is 2.42. The zero-order chi connectivity index (χ0) is 18.1. The molecule has 0 amide bonds. The van der Waals surface area contributed by atoms with Crippen molar-refractivity contribution >= 4 is 21.7 Å². The molecule has 130 valence electrons. The number of benzene rings is 3. The van der Waals surface area contributed by atoms with Gasteiger partial charge in [-0.05, 0) is 30.7 Å². The highest BCUT2D eigenvalue weighted by molar-refractivity contribution is 6.06. The highest BCUT2D eigenvalue weighted by atomic mass is 16.5. The first-order chi connectivity index (χ1) is 12.7. The minimum Gasteiger partial charge on any atom is -0.496 e. The molecule has 0 aliphatic rings. The van der Waals surface area contributed by atoms with E-state index in [-0.39, 0.29) is 5.63 Å². The topological polar surface area (TPSA) is 48.7 Å². The molecule has 0 spiro atoms. The summed E-state index contributed by atoms with van der Waals surface area (Å²) < 4.78 is 16.8. The van der Waals surface area contributed by atoms with E-state index < -0.39 is 0 Å². The average molecular weight is 346 g/mol. The third-order valence-electron chi connectivity index (χ3n) is 4.48. The first kappa shape index (κ1) is 16.2. The Morgan fingerprint density at radius 3 is 2.50 bits per heavy atom. The summed E-state index contributed by atoms with van der Waals surface area (Å²) >= 11 is 0. The molecule has 4 heteroatoms. The Labute approximate surface area is 150 Å². The molecule has 0 unspecified atom stereocenters. The lowest BCUT2D eigenvalue weighted by atomic mass is 10.0. The second kappa shape index (κ2) is 6.56. The van der Waals surface area contributed by atoms with Crippen LogP contribution in [0.25, 0.3) is 21.7 Å². The van der Waals surface area contributed by atoms with Crippen molar-refractivity contribution in [3.05, 3.63) is 82.2 Å². The van der Waals surface area contributed by atoms with Gasteiger partial charge in [0.05, 0.1) is 12.5 Å². The molecule has 0 N–H and O–H groups in total. The number of ether oxygens (including phenoxy) is 2. The molecule has 0 aliphatic carbocycles. The van der Waals surface area contributed by atoms with Crippen molar-refractivity contribution in [3.63, 3.8) is 0 Å². The summed E-state index contributed by atoms with van der Waals surface area (Å²) in [4.78, 5) is 12.3. The monoisotopic (exact) mass is 346 g/mol. The van der Waals surface area contributed by atoms with Crippen LogP contribution < -0.4 is 15.1 Å². The molecule has 4 nitrogen and oxygen atoms in total. The Morgan fingerprint density at radius 1 is 0.962 bits per heavy atom. The smallest absolute Gasteiger partial charge is 0.344 e. The fourth-order valence-electron chi connectivity index (χ4n) is 3.25. The van der Waals surface area contributed by atoms with Crippen molar-refractivity contribution in [2.45, 2.75) is 13.5 Å². The Hall–Kier alpha value is -3.27. The minimum absolute atomic E-state index is 0.339. The van der Waals surface area contributed by atoms with Crippen LogP contribution in [0.1, 0.15) is 11.1 Å². The molecule has 26 heavy (non-hydrogen) atoms. The summed E-state index contributed by atoms with van der Waals surface area (Å²) in [6.45, 7) is 2.36. The van der Waals surface area contributed by atoms with Crippen LogP contribution in [-0.2, 0) is 6.61 Å². The van der Waals surface area contributed by atoms with E-state index in [4.69, 9.17) is 13.9 Å². The van der Waals surface area contributed by atoms with Crippen LogP contribution in [-0.4, -0.2) is 7.11 Å². The highest BCUT2D eigenvalue weighted by Crippen LogP contribution is 2.30. The van der Waals surface area contributed by atoms with E-state index in [1.54, 1.807) is 19.2 Å². The predicted octanol–water partition coefficient (Wildman–Crippen LogP) is 4.84. The molecule has 0 atom stereocenters. The van der Waals surface area contributed by atoms with Gasteiger partial charge >= 0.3 is 5.63 Å². The number of rotatable bonds is 4. The maximum Gasteiger partial charge on any atom is 0.344 e. The van der Waals surface area contributed by atoms with E-state index in [9.17, 15) is 4.79 Å². The summed E-state index contributed by atoms with van der Waals surface area (Å²) in [6.07, 6.45) is 0. The lowest BCUT2D eigenvalue weighted by Gasteiger charge is -2.12. The molecule has 0 bridgehead atoms. The molecule has 1 heterocycles. The number of hydrogen-bond donors (Lipinski definition) is 0. The molecular weight excluding hydrogens is 328 g/mol. The predicted molar refractivity (Wildman–Crippen MR) is 102 cm³/mol. The number of aryl methyl sites for hydroxylation is 1. The van der Waals surface area contributed by atoms with E-state index >= 15 is 0 Å². The van der Waals surface area contributed by atoms with Gasteiger partial charge < -0.3 is 13.9 Å². The van der Waals surface area contributed by atoms with Crippen LogP contribution in [0, 0.1) is 6.92 Å². The van der Waals surface area contributed by atoms with E-state index in [0.29, 0.717) is 23.3 Å². The third-order valence-corrected chi connectivity index (χ3v) is 4.48.